The zero-order valence-electron chi connectivity index (χ0n) is 14.1. The minimum Gasteiger partial charge on any atom is -0.312 e. The highest BCUT2D eigenvalue weighted by atomic mass is 32.2. The highest BCUT2D eigenvalue weighted by Crippen LogP contribution is 2.30. The van der Waals surface area contributed by atoms with Crippen molar-refractivity contribution in [3.05, 3.63) is 65.6 Å². The Kier molecular flexibility index (Phi) is 5.45. The summed E-state index contributed by atoms with van der Waals surface area (Å²) in [6.45, 7) is 0. The van der Waals surface area contributed by atoms with Gasteiger partial charge in [0.1, 0.15) is 12.1 Å². The molecule has 10 heteroatoms. The smallest absolute Gasteiger partial charge is 0.312 e. The first kappa shape index (κ1) is 18.9. The maximum absolute atomic E-state index is 12.8. The summed E-state index contributed by atoms with van der Waals surface area (Å²) in [6, 6.07) is 8.46. The Bertz CT molecular complexity index is 957. The first-order chi connectivity index (χ1) is 12.8. The fourth-order valence-corrected chi connectivity index (χ4v) is 3.05. The number of hydrogen-bond donors (Lipinski definition) is 1. The number of pyridine rings is 1. The molecule has 0 bridgehead atoms. The number of thioether (sulfide) groups is 1. The van der Waals surface area contributed by atoms with E-state index in [4.69, 9.17) is 0 Å². The number of carbonyl (C=O) groups is 1. The van der Waals surface area contributed by atoms with Crippen molar-refractivity contribution in [2.45, 2.75) is 17.1 Å². The first-order valence-corrected chi connectivity index (χ1v) is 8.72. The molecule has 3 rings (SSSR count). The molecule has 3 aromatic rings. The van der Waals surface area contributed by atoms with Crippen molar-refractivity contribution in [2.24, 2.45) is 7.05 Å². The highest BCUT2D eigenvalue weighted by Gasteiger charge is 2.30. The summed E-state index contributed by atoms with van der Waals surface area (Å²) >= 11 is 1.46. The molecule has 2 heterocycles. The molecular weight excluding hydrogens is 379 g/mol. The predicted molar refractivity (Wildman–Crippen MR) is 94.2 cm³/mol. The Hall–Kier alpha value is -2.88. The maximum Gasteiger partial charge on any atom is 0.416 e. The Morgan fingerprint density at radius 3 is 2.78 bits per heavy atom. The molecule has 0 saturated carbocycles. The quantitative estimate of drug-likeness (QED) is 0.668. The monoisotopic (exact) mass is 393 g/mol. The topological polar surface area (TPSA) is 72.7 Å². The van der Waals surface area contributed by atoms with Crippen molar-refractivity contribution in [2.75, 3.05) is 5.32 Å². The van der Waals surface area contributed by atoms with Gasteiger partial charge >= 0.3 is 6.18 Å². The molecule has 0 aliphatic rings. The van der Waals surface area contributed by atoms with E-state index in [0.717, 1.165) is 29.0 Å². The Morgan fingerprint density at radius 2 is 2.07 bits per heavy atom. The lowest BCUT2D eigenvalue weighted by atomic mass is 10.1. The van der Waals surface area contributed by atoms with Crippen LogP contribution >= 0.6 is 11.8 Å². The molecule has 0 radical (unpaired) electrons. The summed E-state index contributed by atoms with van der Waals surface area (Å²) in [6.07, 6.45) is -1.90. The molecule has 140 valence electrons. The fourth-order valence-electron chi connectivity index (χ4n) is 2.22. The van der Waals surface area contributed by atoms with Crippen LogP contribution in [0.4, 0.5) is 19.0 Å². The summed E-state index contributed by atoms with van der Waals surface area (Å²) in [5.74, 6) is -0.129. The number of nitrogens with one attached hydrogen (secondary N) is 1. The molecule has 1 aromatic carbocycles. The van der Waals surface area contributed by atoms with E-state index >= 15 is 0 Å². The van der Waals surface area contributed by atoms with Crippen LogP contribution in [0.1, 0.15) is 21.5 Å². The number of hydrogen-bond acceptors (Lipinski definition) is 5. The third-order valence-corrected chi connectivity index (χ3v) is 4.66. The van der Waals surface area contributed by atoms with Gasteiger partial charge < -0.3 is 9.88 Å². The van der Waals surface area contributed by atoms with Crippen LogP contribution in [0, 0.1) is 0 Å². The van der Waals surface area contributed by atoms with E-state index in [9.17, 15) is 18.0 Å². The number of nitrogens with zero attached hydrogens (tertiary/aromatic N) is 4. The number of anilines is 1. The predicted octanol–water partition coefficient (Wildman–Crippen LogP) is 3.77. The average molecular weight is 393 g/mol. The molecule has 2 aromatic heterocycles. The van der Waals surface area contributed by atoms with Gasteiger partial charge in [-0.1, -0.05) is 23.9 Å². The first-order valence-electron chi connectivity index (χ1n) is 7.73. The van der Waals surface area contributed by atoms with Crippen molar-refractivity contribution in [1.82, 2.24) is 19.7 Å². The van der Waals surface area contributed by atoms with Crippen LogP contribution in [0.2, 0.25) is 0 Å². The van der Waals surface area contributed by atoms with Gasteiger partial charge in [-0.2, -0.15) is 13.2 Å². The molecule has 0 atom stereocenters. The maximum atomic E-state index is 12.8. The van der Waals surface area contributed by atoms with Gasteiger partial charge in [0.15, 0.2) is 5.16 Å². The van der Waals surface area contributed by atoms with E-state index < -0.39 is 17.6 Å². The van der Waals surface area contributed by atoms with Crippen molar-refractivity contribution in [3.63, 3.8) is 0 Å². The summed E-state index contributed by atoms with van der Waals surface area (Å²) in [4.78, 5) is 16.1. The third-order valence-electron chi connectivity index (χ3n) is 3.56. The van der Waals surface area contributed by atoms with Crippen LogP contribution in [0.5, 0.6) is 0 Å². The lowest BCUT2D eigenvalue weighted by Crippen LogP contribution is -2.14. The molecule has 1 amide bonds. The van der Waals surface area contributed by atoms with Gasteiger partial charge in [-0.15, -0.1) is 10.2 Å². The molecule has 0 unspecified atom stereocenters. The van der Waals surface area contributed by atoms with Gasteiger partial charge in [-0.25, -0.2) is 4.98 Å². The standard InChI is InChI=1S/C17H14F3N5OS/c1-25-10-22-24-16(25)27-9-11-3-2-4-12(7-11)15(26)23-14-8-13(5-6-21-14)17(18,19)20/h2-8,10H,9H2,1H3,(H,21,23,26). The van der Waals surface area contributed by atoms with Gasteiger partial charge in [-0.3, -0.25) is 4.79 Å². The molecule has 0 fully saturated rings. The van der Waals surface area contributed by atoms with Crippen molar-refractivity contribution < 1.29 is 18.0 Å². The van der Waals surface area contributed by atoms with Gasteiger partial charge in [0, 0.05) is 24.6 Å². The van der Waals surface area contributed by atoms with Crippen LogP contribution in [-0.4, -0.2) is 25.7 Å². The number of carbonyl (C=O) groups excluding carboxylic acids is 1. The lowest BCUT2D eigenvalue weighted by Gasteiger charge is -2.09. The number of rotatable bonds is 5. The molecule has 0 saturated heterocycles. The molecule has 0 aliphatic carbocycles. The number of aryl methyl sites for hydroxylation is 1. The van der Waals surface area contributed by atoms with Crippen LogP contribution in [0.25, 0.3) is 0 Å². The van der Waals surface area contributed by atoms with E-state index in [2.05, 4.69) is 20.5 Å². The minimum atomic E-state index is -4.50. The van der Waals surface area contributed by atoms with E-state index in [1.165, 1.54) is 11.8 Å². The zero-order valence-corrected chi connectivity index (χ0v) is 14.9. The number of halogens is 3. The lowest BCUT2D eigenvalue weighted by molar-refractivity contribution is -0.137. The third kappa shape index (κ3) is 4.85. The Labute approximate surface area is 156 Å². The Morgan fingerprint density at radius 1 is 1.26 bits per heavy atom. The van der Waals surface area contributed by atoms with Crippen molar-refractivity contribution in [1.29, 1.82) is 0 Å². The largest absolute Gasteiger partial charge is 0.416 e. The fraction of sp³-hybridized carbons (Fsp3) is 0.176. The van der Waals surface area contributed by atoms with Gasteiger partial charge in [0.25, 0.3) is 5.91 Å². The zero-order chi connectivity index (χ0) is 19.4. The van der Waals surface area contributed by atoms with E-state index in [-0.39, 0.29) is 5.82 Å². The Balaban J connectivity index is 1.69. The van der Waals surface area contributed by atoms with Gasteiger partial charge in [0.2, 0.25) is 0 Å². The summed E-state index contributed by atoms with van der Waals surface area (Å²) in [7, 11) is 1.83. The van der Waals surface area contributed by atoms with Crippen LogP contribution < -0.4 is 5.32 Å². The number of alkyl halides is 3. The summed E-state index contributed by atoms with van der Waals surface area (Å²) in [5.41, 5.74) is 0.319. The van der Waals surface area contributed by atoms with Crippen LogP contribution in [0.15, 0.2) is 54.1 Å². The van der Waals surface area contributed by atoms with Crippen LogP contribution in [0.3, 0.4) is 0 Å². The SMILES string of the molecule is Cn1cnnc1SCc1cccc(C(=O)Nc2cc(C(F)(F)F)ccn2)c1. The molecule has 6 nitrogen and oxygen atoms in total. The number of benzene rings is 1. The average Bonchev–Trinajstić information content (AvgIpc) is 3.05. The van der Waals surface area contributed by atoms with E-state index in [1.807, 2.05) is 13.1 Å². The minimum absolute atomic E-state index is 0.159. The molecule has 1 N–H and O–H groups in total. The number of aromatic nitrogens is 4. The normalized spacial score (nSPS) is 11.4. The van der Waals surface area contributed by atoms with Crippen molar-refractivity contribution >= 4 is 23.5 Å². The van der Waals surface area contributed by atoms with Crippen LogP contribution in [-0.2, 0) is 19.0 Å². The molecule has 27 heavy (non-hydrogen) atoms. The molecule has 0 spiro atoms. The second kappa shape index (κ2) is 7.78. The van der Waals surface area contributed by atoms with Crippen molar-refractivity contribution in [3.8, 4) is 0 Å². The second-order valence-corrected chi connectivity index (χ2v) is 6.54. The van der Waals surface area contributed by atoms with Gasteiger partial charge in [0.05, 0.1) is 5.56 Å². The summed E-state index contributed by atoms with van der Waals surface area (Å²) in [5, 5.41) is 10.9. The highest BCUT2D eigenvalue weighted by molar-refractivity contribution is 7.98. The number of amides is 1. The molecule has 0 aliphatic heterocycles. The second-order valence-electron chi connectivity index (χ2n) is 5.60. The van der Waals surface area contributed by atoms with E-state index in [0.29, 0.717) is 11.3 Å². The van der Waals surface area contributed by atoms with Gasteiger partial charge in [-0.05, 0) is 29.8 Å². The molecular formula is C17H14F3N5OS. The summed E-state index contributed by atoms with van der Waals surface area (Å²) < 4.78 is 40.0. The van der Waals surface area contributed by atoms with E-state index in [1.54, 1.807) is 29.1 Å².